The predicted molar refractivity (Wildman–Crippen MR) is 74.8 cm³/mol. The number of hydrogen-bond acceptors (Lipinski definition) is 2. The van der Waals surface area contributed by atoms with Crippen LogP contribution >= 0.6 is 0 Å². The van der Waals surface area contributed by atoms with Crippen molar-refractivity contribution in [2.45, 2.75) is 38.3 Å². The topological polar surface area (TPSA) is 55.1 Å². The Kier molecular flexibility index (Phi) is 4.75. The number of nitrogen functional groups attached to an aromatic ring is 1. The smallest absolute Gasteiger partial charge is 0.398 e. The minimum Gasteiger partial charge on any atom is -0.398 e. The van der Waals surface area contributed by atoms with Gasteiger partial charge < -0.3 is 11.1 Å². The van der Waals surface area contributed by atoms with Gasteiger partial charge in [0.15, 0.2) is 0 Å². The third-order valence-electron chi connectivity index (χ3n) is 3.94. The second-order valence-electron chi connectivity index (χ2n) is 5.49. The fourth-order valence-electron chi connectivity index (χ4n) is 2.71. The first-order chi connectivity index (χ1) is 9.88. The fourth-order valence-corrected chi connectivity index (χ4v) is 2.71. The number of nitrogens with one attached hydrogen (secondary N) is 1. The predicted octanol–water partition coefficient (Wildman–Crippen LogP) is 3.60. The van der Waals surface area contributed by atoms with Crippen LogP contribution in [0.5, 0.6) is 0 Å². The zero-order chi connectivity index (χ0) is 15.5. The van der Waals surface area contributed by atoms with Gasteiger partial charge in [0.05, 0.1) is 11.1 Å². The molecule has 0 aliphatic heterocycles. The Labute approximate surface area is 121 Å². The van der Waals surface area contributed by atoms with Crippen LogP contribution in [0.25, 0.3) is 0 Å². The average Bonchev–Trinajstić information content (AvgIpc) is 2.91. The van der Waals surface area contributed by atoms with Crippen LogP contribution in [0.15, 0.2) is 18.2 Å². The van der Waals surface area contributed by atoms with Crippen molar-refractivity contribution in [2.24, 2.45) is 5.92 Å². The van der Waals surface area contributed by atoms with Crippen molar-refractivity contribution in [3.8, 4) is 0 Å². The summed E-state index contributed by atoms with van der Waals surface area (Å²) in [7, 11) is 0. The molecule has 1 amide bonds. The highest BCUT2D eigenvalue weighted by Gasteiger charge is 2.31. The number of carbonyl (C=O) groups is 1. The number of carbonyl (C=O) groups excluding carboxylic acids is 1. The largest absolute Gasteiger partial charge is 0.416 e. The van der Waals surface area contributed by atoms with Crippen molar-refractivity contribution in [3.63, 3.8) is 0 Å². The monoisotopic (exact) mass is 300 g/mol. The zero-order valence-electron chi connectivity index (χ0n) is 11.7. The first-order valence-electron chi connectivity index (χ1n) is 7.13. The summed E-state index contributed by atoms with van der Waals surface area (Å²) in [5.74, 6) is 0.0701. The molecule has 0 unspecified atom stereocenters. The van der Waals surface area contributed by atoms with Crippen LogP contribution in [0.4, 0.5) is 18.9 Å². The van der Waals surface area contributed by atoms with Gasteiger partial charge in [-0.3, -0.25) is 4.79 Å². The Bertz CT molecular complexity index is 508. The molecule has 6 heteroatoms. The molecule has 0 aromatic heterocycles. The Hall–Kier alpha value is -1.72. The van der Waals surface area contributed by atoms with Gasteiger partial charge in [-0.2, -0.15) is 13.2 Å². The summed E-state index contributed by atoms with van der Waals surface area (Å²) in [5, 5.41) is 2.66. The van der Waals surface area contributed by atoms with E-state index in [-0.39, 0.29) is 11.3 Å². The van der Waals surface area contributed by atoms with Crippen molar-refractivity contribution in [2.75, 3.05) is 12.3 Å². The number of alkyl halides is 3. The van der Waals surface area contributed by atoms with Gasteiger partial charge in [0.2, 0.25) is 0 Å². The molecule has 116 valence electrons. The van der Waals surface area contributed by atoms with Gasteiger partial charge >= 0.3 is 6.18 Å². The van der Waals surface area contributed by atoms with Crippen molar-refractivity contribution in [1.82, 2.24) is 5.32 Å². The maximum absolute atomic E-state index is 12.6. The van der Waals surface area contributed by atoms with E-state index in [1.54, 1.807) is 0 Å². The molecule has 1 aromatic rings. The molecule has 3 N–H and O–H groups in total. The summed E-state index contributed by atoms with van der Waals surface area (Å²) < 4.78 is 37.9. The number of halogens is 3. The van der Waals surface area contributed by atoms with E-state index in [1.165, 1.54) is 25.7 Å². The summed E-state index contributed by atoms with van der Waals surface area (Å²) in [6.07, 6.45) is 1.17. The van der Waals surface area contributed by atoms with Crippen LogP contribution in [0, 0.1) is 5.92 Å². The lowest BCUT2D eigenvalue weighted by Crippen LogP contribution is -2.27. The summed E-state index contributed by atoms with van der Waals surface area (Å²) in [4.78, 5) is 12.0. The standard InChI is InChI=1S/C15H19F3N2O/c16-15(17,18)11-5-6-13(19)12(9-11)14(21)20-8-7-10-3-1-2-4-10/h5-6,9-10H,1-4,7-8,19H2,(H,20,21). The first-order valence-corrected chi connectivity index (χ1v) is 7.13. The van der Waals surface area contributed by atoms with Crippen LogP contribution in [0.1, 0.15) is 48.0 Å². The Morgan fingerprint density at radius 1 is 1.29 bits per heavy atom. The molecule has 3 nitrogen and oxygen atoms in total. The molecule has 0 heterocycles. The van der Waals surface area contributed by atoms with Crippen molar-refractivity contribution in [3.05, 3.63) is 29.3 Å². The molecule has 1 fully saturated rings. The minimum absolute atomic E-state index is 0.0568. The molecule has 1 aliphatic carbocycles. The summed E-state index contributed by atoms with van der Waals surface area (Å²) >= 11 is 0. The third kappa shape index (κ3) is 4.12. The summed E-state index contributed by atoms with van der Waals surface area (Å²) in [5.41, 5.74) is 4.68. The molecular weight excluding hydrogens is 281 g/mol. The van der Waals surface area contributed by atoms with Crippen LogP contribution in [0.2, 0.25) is 0 Å². The summed E-state index contributed by atoms with van der Waals surface area (Å²) in [6, 6.07) is 2.81. The number of anilines is 1. The third-order valence-corrected chi connectivity index (χ3v) is 3.94. The van der Waals surface area contributed by atoms with E-state index in [0.29, 0.717) is 12.5 Å². The lowest BCUT2D eigenvalue weighted by atomic mass is 10.0. The molecule has 0 bridgehead atoms. The molecule has 1 aliphatic rings. The van der Waals surface area contributed by atoms with Crippen LogP contribution < -0.4 is 11.1 Å². The SMILES string of the molecule is Nc1ccc(C(F)(F)F)cc1C(=O)NCCC1CCCC1. The maximum Gasteiger partial charge on any atom is 0.416 e. The number of hydrogen-bond donors (Lipinski definition) is 2. The number of amides is 1. The lowest BCUT2D eigenvalue weighted by molar-refractivity contribution is -0.137. The Morgan fingerprint density at radius 3 is 2.57 bits per heavy atom. The van der Waals surface area contributed by atoms with Gasteiger partial charge in [0.25, 0.3) is 5.91 Å². The van der Waals surface area contributed by atoms with Crippen molar-refractivity contribution in [1.29, 1.82) is 0 Å². The Balaban J connectivity index is 1.97. The normalized spacial score (nSPS) is 16.1. The zero-order valence-corrected chi connectivity index (χ0v) is 11.7. The highest BCUT2D eigenvalue weighted by Crippen LogP contribution is 2.31. The molecule has 0 radical (unpaired) electrons. The number of benzene rings is 1. The van der Waals surface area contributed by atoms with Crippen LogP contribution in [-0.4, -0.2) is 12.5 Å². The quantitative estimate of drug-likeness (QED) is 0.835. The fraction of sp³-hybridized carbons (Fsp3) is 0.533. The second kappa shape index (κ2) is 6.37. The first kappa shape index (κ1) is 15.7. The number of rotatable bonds is 4. The molecule has 0 spiro atoms. The van der Waals surface area contributed by atoms with Crippen molar-refractivity contribution >= 4 is 11.6 Å². The molecule has 21 heavy (non-hydrogen) atoms. The van der Waals surface area contributed by atoms with Gasteiger partial charge in [-0.25, -0.2) is 0 Å². The van der Waals surface area contributed by atoms with E-state index in [1.807, 2.05) is 0 Å². The average molecular weight is 300 g/mol. The van der Waals surface area contributed by atoms with E-state index in [0.717, 1.165) is 24.6 Å². The molecule has 0 saturated heterocycles. The van der Waals surface area contributed by atoms with Gasteiger partial charge in [-0.1, -0.05) is 25.7 Å². The minimum atomic E-state index is -4.48. The van der Waals surface area contributed by atoms with Gasteiger partial charge in [-0.15, -0.1) is 0 Å². The highest BCUT2D eigenvalue weighted by molar-refractivity contribution is 5.99. The molecular formula is C15H19F3N2O. The van der Waals surface area contributed by atoms with E-state index in [2.05, 4.69) is 5.32 Å². The van der Waals surface area contributed by atoms with E-state index < -0.39 is 17.6 Å². The Morgan fingerprint density at radius 2 is 1.95 bits per heavy atom. The van der Waals surface area contributed by atoms with Crippen molar-refractivity contribution < 1.29 is 18.0 Å². The number of nitrogens with two attached hydrogens (primary N) is 1. The highest BCUT2D eigenvalue weighted by atomic mass is 19.4. The molecule has 2 rings (SSSR count). The lowest BCUT2D eigenvalue weighted by Gasteiger charge is -2.13. The van der Waals surface area contributed by atoms with Crippen LogP contribution in [-0.2, 0) is 6.18 Å². The molecule has 0 atom stereocenters. The van der Waals surface area contributed by atoms with Gasteiger partial charge in [0, 0.05) is 12.2 Å². The molecule has 1 aromatic carbocycles. The van der Waals surface area contributed by atoms with Gasteiger partial charge in [0.1, 0.15) is 0 Å². The summed E-state index contributed by atoms with van der Waals surface area (Å²) in [6.45, 7) is 0.471. The van der Waals surface area contributed by atoms with E-state index >= 15 is 0 Å². The van der Waals surface area contributed by atoms with Gasteiger partial charge in [-0.05, 0) is 30.5 Å². The second-order valence-corrected chi connectivity index (χ2v) is 5.49. The maximum atomic E-state index is 12.6. The van der Waals surface area contributed by atoms with E-state index in [4.69, 9.17) is 5.73 Å². The van der Waals surface area contributed by atoms with Crippen LogP contribution in [0.3, 0.4) is 0 Å². The molecule has 1 saturated carbocycles. The van der Waals surface area contributed by atoms with E-state index in [9.17, 15) is 18.0 Å².